The number of aliphatic hydroxyl groups is 1. The van der Waals surface area contributed by atoms with Crippen LogP contribution >= 0.6 is 15.9 Å². The van der Waals surface area contributed by atoms with E-state index in [2.05, 4.69) is 33.2 Å². The molecule has 18 heavy (non-hydrogen) atoms. The van der Waals surface area contributed by atoms with Crippen molar-refractivity contribution in [1.82, 2.24) is 15.0 Å². The van der Waals surface area contributed by atoms with Crippen LogP contribution in [0.25, 0.3) is 0 Å². The van der Waals surface area contributed by atoms with Crippen molar-refractivity contribution in [2.45, 2.75) is 32.9 Å². The zero-order chi connectivity index (χ0) is 13.1. The fourth-order valence-electron chi connectivity index (χ4n) is 1.97. The van der Waals surface area contributed by atoms with Crippen LogP contribution in [0.5, 0.6) is 0 Å². The first-order valence-electron chi connectivity index (χ1n) is 5.96. The summed E-state index contributed by atoms with van der Waals surface area (Å²) in [7, 11) is 0. The predicted molar refractivity (Wildman–Crippen MR) is 73.3 cm³/mol. The SMILES string of the molecule is CCCn1nncc1C(O)c1ccc(Br)cc1C. The average molecular weight is 310 g/mol. The van der Waals surface area contributed by atoms with Crippen LogP contribution in [0.15, 0.2) is 28.9 Å². The molecule has 1 aromatic heterocycles. The van der Waals surface area contributed by atoms with Crippen LogP contribution in [0, 0.1) is 6.92 Å². The molecule has 0 fully saturated rings. The van der Waals surface area contributed by atoms with E-state index in [1.807, 2.05) is 25.1 Å². The average Bonchev–Trinajstić information content (AvgIpc) is 2.77. The lowest BCUT2D eigenvalue weighted by Crippen LogP contribution is -2.11. The van der Waals surface area contributed by atoms with Gasteiger partial charge in [0.25, 0.3) is 0 Å². The molecule has 2 aromatic rings. The molecule has 0 amide bonds. The summed E-state index contributed by atoms with van der Waals surface area (Å²) >= 11 is 3.42. The van der Waals surface area contributed by atoms with E-state index in [0.717, 1.165) is 34.3 Å². The number of nitrogens with zero attached hydrogens (tertiary/aromatic N) is 3. The lowest BCUT2D eigenvalue weighted by molar-refractivity contribution is 0.206. The molecule has 1 aromatic carbocycles. The van der Waals surface area contributed by atoms with Crippen molar-refractivity contribution in [3.05, 3.63) is 45.7 Å². The Morgan fingerprint density at radius 1 is 1.44 bits per heavy atom. The maximum atomic E-state index is 10.4. The third-order valence-electron chi connectivity index (χ3n) is 2.89. The quantitative estimate of drug-likeness (QED) is 0.945. The van der Waals surface area contributed by atoms with Gasteiger partial charge in [0.2, 0.25) is 0 Å². The van der Waals surface area contributed by atoms with Crippen molar-refractivity contribution in [3.8, 4) is 0 Å². The first-order chi connectivity index (χ1) is 8.63. The summed E-state index contributed by atoms with van der Waals surface area (Å²) < 4.78 is 2.77. The Balaban J connectivity index is 2.35. The van der Waals surface area contributed by atoms with Gasteiger partial charge in [-0.1, -0.05) is 34.1 Å². The number of aromatic nitrogens is 3. The highest BCUT2D eigenvalue weighted by molar-refractivity contribution is 9.10. The van der Waals surface area contributed by atoms with Crippen LogP contribution < -0.4 is 0 Å². The Morgan fingerprint density at radius 2 is 2.22 bits per heavy atom. The molecule has 1 N–H and O–H groups in total. The molecular weight excluding hydrogens is 294 g/mol. The van der Waals surface area contributed by atoms with Gasteiger partial charge in [0.15, 0.2) is 0 Å². The zero-order valence-corrected chi connectivity index (χ0v) is 12.1. The van der Waals surface area contributed by atoms with Crippen molar-refractivity contribution < 1.29 is 5.11 Å². The minimum Gasteiger partial charge on any atom is -0.382 e. The second-order valence-electron chi connectivity index (χ2n) is 4.29. The van der Waals surface area contributed by atoms with Crippen LogP contribution in [0.1, 0.15) is 36.3 Å². The molecule has 1 heterocycles. The van der Waals surface area contributed by atoms with Gasteiger partial charge < -0.3 is 5.11 Å². The number of halogens is 1. The summed E-state index contributed by atoms with van der Waals surface area (Å²) in [4.78, 5) is 0. The molecule has 0 saturated heterocycles. The van der Waals surface area contributed by atoms with Crippen molar-refractivity contribution in [3.63, 3.8) is 0 Å². The molecule has 0 bridgehead atoms. The Bertz CT molecular complexity index is 539. The van der Waals surface area contributed by atoms with E-state index >= 15 is 0 Å². The summed E-state index contributed by atoms with van der Waals surface area (Å²) in [6.07, 6.45) is 1.91. The number of rotatable bonds is 4. The fraction of sp³-hybridized carbons (Fsp3) is 0.385. The number of aryl methyl sites for hydroxylation is 2. The molecule has 0 spiro atoms. The topological polar surface area (TPSA) is 50.9 Å². The number of hydrogen-bond donors (Lipinski definition) is 1. The van der Waals surface area contributed by atoms with E-state index in [1.165, 1.54) is 0 Å². The number of hydrogen-bond acceptors (Lipinski definition) is 3. The van der Waals surface area contributed by atoms with Gasteiger partial charge in [-0.15, -0.1) is 5.10 Å². The van der Waals surface area contributed by atoms with Gasteiger partial charge in [-0.05, 0) is 36.6 Å². The Hall–Kier alpha value is -1.20. The third kappa shape index (κ3) is 2.62. The van der Waals surface area contributed by atoms with E-state index < -0.39 is 6.10 Å². The zero-order valence-electron chi connectivity index (χ0n) is 10.5. The van der Waals surface area contributed by atoms with E-state index in [-0.39, 0.29) is 0 Å². The standard InChI is InChI=1S/C13H16BrN3O/c1-3-6-17-12(8-15-16-17)13(18)11-5-4-10(14)7-9(11)2/h4-5,7-8,13,18H,3,6H2,1-2H3. The van der Waals surface area contributed by atoms with Gasteiger partial charge in [-0.3, -0.25) is 0 Å². The van der Waals surface area contributed by atoms with Crippen LogP contribution in [-0.2, 0) is 6.54 Å². The van der Waals surface area contributed by atoms with Gasteiger partial charge in [0.1, 0.15) is 6.10 Å². The Kier molecular flexibility index (Phi) is 4.14. The number of benzene rings is 1. The Morgan fingerprint density at radius 3 is 2.89 bits per heavy atom. The first-order valence-corrected chi connectivity index (χ1v) is 6.75. The smallest absolute Gasteiger partial charge is 0.123 e. The molecule has 0 saturated carbocycles. The molecule has 0 aliphatic rings. The predicted octanol–water partition coefficient (Wildman–Crippen LogP) is 2.84. The van der Waals surface area contributed by atoms with Gasteiger partial charge in [-0.25, -0.2) is 4.68 Å². The number of aliphatic hydroxyl groups excluding tert-OH is 1. The van der Waals surface area contributed by atoms with Gasteiger partial charge in [0.05, 0.1) is 11.9 Å². The minimum atomic E-state index is -0.681. The maximum Gasteiger partial charge on any atom is 0.123 e. The molecule has 0 aliphatic carbocycles. The molecule has 4 nitrogen and oxygen atoms in total. The lowest BCUT2D eigenvalue weighted by atomic mass is 10.0. The monoisotopic (exact) mass is 309 g/mol. The highest BCUT2D eigenvalue weighted by Crippen LogP contribution is 2.26. The molecule has 0 aliphatic heterocycles. The van der Waals surface area contributed by atoms with Crippen LogP contribution in [-0.4, -0.2) is 20.1 Å². The first kappa shape index (κ1) is 13.2. The van der Waals surface area contributed by atoms with Crippen LogP contribution in [0.2, 0.25) is 0 Å². The molecule has 2 rings (SSSR count). The van der Waals surface area contributed by atoms with Gasteiger partial charge in [0, 0.05) is 11.0 Å². The summed E-state index contributed by atoms with van der Waals surface area (Å²) in [5, 5.41) is 18.3. The van der Waals surface area contributed by atoms with Crippen LogP contribution in [0.4, 0.5) is 0 Å². The summed E-state index contributed by atoms with van der Waals surface area (Å²) in [5.74, 6) is 0. The molecule has 5 heteroatoms. The summed E-state index contributed by atoms with van der Waals surface area (Å²) in [6.45, 7) is 4.82. The largest absolute Gasteiger partial charge is 0.382 e. The summed E-state index contributed by atoms with van der Waals surface area (Å²) in [5.41, 5.74) is 2.67. The second kappa shape index (κ2) is 5.63. The fourth-order valence-corrected chi connectivity index (χ4v) is 2.44. The molecular formula is C13H16BrN3O. The van der Waals surface area contributed by atoms with Crippen LogP contribution in [0.3, 0.4) is 0 Å². The minimum absolute atomic E-state index is 0.681. The third-order valence-corrected chi connectivity index (χ3v) is 3.38. The lowest BCUT2D eigenvalue weighted by Gasteiger charge is -2.15. The van der Waals surface area contributed by atoms with Crippen molar-refractivity contribution in [2.75, 3.05) is 0 Å². The second-order valence-corrected chi connectivity index (χ2v) is 5.20. The van der Waals surface area contributed by atoms with E-state index in [1.54, 1.807) is 10.9 Å². The summed E-state index contributed by atoms with van der Waals surface area (Å²) in [6, 6.07) is 5.85. The normalized spacial score (nSPS) is 12.7. The molecule has 96 valence electrons. The van der Waals surface area contributed by atoms with Crippen molar-refractivity contribution in [1.29, 1.82) is 0 Å². The van der Waals surface area contributed by atoms with Gasteiger partial charge >= 0.3 is 0 Å². The molecule has 1 atom stereocenters. The van der Waals surface area contributed by atoms with E-state index in [4.69, 9.17) is 0 Å². The maximum absolute atomic E-state index is 10.4. The molecule has 0 radical (unpaired) electrons. The Labute approximate surface area is 115 Å². The van der Waals surface area contributed by atoms with E-state index in [9.17, 15) is 5.11 Å². The van der Waals surface area contributed by atoms with Crippen molar-refractivity contribution in [2.24, 2.45) is 0 Å². The highest BCUT2D eigenvalue weighted by atomic mass is 79.9. The molecule has 1 unspecified atom stereocenters. The highest BCUT2D eigenvalue weighted by Gasteiger charge is 2.17. The van der Waals surface area contributed by atoms with Gasteiger partial charge in [-0.2, -0.15) is 0 Å². The van der Waals surface area contributed by atoms with E-state index in [0.29, 0.717) is 0 Å². The van der Waals surface area contributed by atoms with Crippen molar-refractivity contribution >= 4 is 15.9 Å².